The summed E-state index contributed by atoms with van der Waals surface area (Å²) in [7, 11) is 0. The minimum absolute atomic E-state index is 0.0331. The van der Waals surface area contributed by atoms with Gasteiger partial charge >= 0.3 is 17.9 Å². The molecule has 0 aromatic heterocycles. The lowest BCUT2D eigenvalue weighted by atomic mass is 9.96. The molecule has 8 nitrogen and oxygen atoms in total. The summed E-state index contributed by atoms with van der Waals surface area (Å²) in [5.74, 6) is -5.99. The van der Waals surface area contributed by atoms with Crippen molar-refractivity contribution in [3.8, 4) is 0 Å². The van der Waals surface area contributed by atoms with E-state index >= 15 is 0 Å². The predicted molar refractivity (Wildman–Crippen MR) is 106 cm³/mol. The molecule has 2 atom stereocenters. The second-order valence-corrected chi connectivity index (χ2v) is 6.55. The molecule has 0 heterocycles. The van der Waals surface area contributed by atoms with Gasteiger partial charge < -0.3 is 20.3 Å². The fourth-order valence-corrected chi connectivity index (χ4v) is 2.64. The van der Waals surface area contributed by atoms with Crippen LogP contribution in [0.1, 0.15) is 17.5 Å². The summed E-state index contributed by atoms with van der Waals surface area (Å²) in [6.07, 6.45) is 0.455. The summed E-state index contributed by atoms with van der Waals surface area (Å²) in [6, 6.07) is 16.1. The average Bonchev–Trinajstić information content (AvgIpc) is 2.76. The summed E-state index contributed by atoms with van der Waals surface area (Å²) in [5.41, 5.74) is 7.10. The van der Waals surface area contributed by atoms with Crippen LogP contribution in [-0.4, -0.2) is 41.4 Å². The zero-order chi connectivity index (χ0) is 21.9. The zero-order valence-electron chi connectivity index (χ0n) is 16.2. The lowest BCUT2D eigenvalue weighted by molar-refractivity contribution is -0.161. The van der Waals surface area contributed by atoms with Crippen LogP contribution in [0.2, 0.25) is 0 Å². The van der Waals surface area contributed by atoms with E-state index in [0.717, 1.165) is 5.56 Å². The Labute approximate surface area is 173 Å². The van der Waals surface area contributed by atoms with Gasteiger partial charge in [-0.05, 0) is 17.5 Å². The number of ketones is 1. The molecule has 0 aliphatic carbocycles. The molecule has 0 bridgehead atoms. The van der Waals surface area contributed by atoms with E-state index in [1.54, 1.807) is 30.3 Å². The maximum Gasteiger partial charge on any atom is 0.321 e. The van der Waals surface area contributed by atoms with E-state index in [1.807, 2.05) is 30.3 Å². The molecular formula is C22H23NO7. The van der Waals surface area contributed by atoms with Crippen molar-refractivity contribution in [3.05, 3.63) is 71.8 Å². The molecule has 2 aromatic rings. The Bertz CT molecular complexity index is 868. The van der Waals surface area contributed by atoms with E-state index in [1.165, 1.54) is 0 Å². The third-order valence-corrected chi connectivity index (χ3v) is 4.31. The molecule has 0 saturated heterocycles. The Morgan fingerprint density at radius 2 is 1.43 bits per heavy atom. The second kappa shape index (κ2) is 11.5. The highest BCUT2D eigenvalue weighted by atomic mass is 16.5. The van der Waals surface area contributed by atoms with Gasteiger partial charge in [-0.1, -0.05) is 60.7 Å². The molecule has 0 aliphatic rings. The summed E-state index contributed by atoms with van der Waals surface area (Å²) in [4.78, 5) is 47.8. The first kappa shape index (κ1) is 22.8. The number of nitrogens with two attached hydrogens (primary N) is 1. The van der Waals surface area contributed by atoms with Crippen molar-refractivity contribution in [1.29, 1.82) is 0 Å². The van der Waals surface area contributed by atoms with Crippen molar-refractivity contribution in [2.45, 2.75) is 25.5 Å². The van der Waals surface area contributed by atoms with Crippen LogP contribution in [0.5, 0.6) is 0 Å². The Hall–Kier alpha value is -3.52. The number of carboxylic acid groups (broad SMARTS) is 1. The molecular weight excluding hydrogens is 390 g/mol. The largest absolute Gasteiger partial charge is 0.480 e. The smallest absolute Gasteiger partial charge is 0.321 e. The van der Waals surface area contributed by atoms with Gasteiger partial charge in [-0.2, -0.15) is 0 Å². The highest BCUT2D eigenvalue weighted by Gasteiger charge is 2.38. The number of hydrogen-bond acceptors (Lipinski definition) is 7. The number of hydrogen-bond donors (Lipinski definition) is 2. The molecule has 3 N–H and O–H groups in total. The molecule has 2 rings (SSSR count). The number of esters is 2. The van der Waals surface area contributed by atoms with Crippen LogP contribution in [0.3, 0.4) is 0 Å². The van der Waals surface area contributed by atoms with Gasteiger partial charge in [0.25, 0.3) is 0 Å². The monoisotopic (exact) mass is 413 g/mol. The van der Waals surface area contributed by atoms with Crippen LogP contribution in [0.4, 0.5) is 0 Å². The molecule has 158 valence electrons. The SMILES string of the molecule is NC(C(=O)O)C(C(=O)COC(=O)CCc1ccccc1)C(=O)OCc1ccccc1. The Kier molecular flexibility index (Phi) is 8.71. The molecule has 2 unspecified atom stereocenters. The number of aliphatic carboxylic acids is 1. The lowest BCUT2D eigenvalue weighted by Gasteiger charge is -2.18. The predicted octanol–water partition coefficient (Wildman–Crippen LogP) is 1.50. The first-order chi connectivity index (χ1) is 14.4. The van der Waals surface area contributed by atoms with Crippen LogP contribution in [0.25, 0.3) is 0 Å². The maximum absolute atomic E-state index is 12.4. The first-order valence-electron chi connectivity index (χ1n) is 9.29. The van der Waals surface area contributed by atoms with E-state index in [9.17, 15) is 19.2 Å². The fourth-order valence-electron chi connectivity index (χ4n) is 2.64. The molecule has 8 heteroatoms. The van der Waals surface area contributed by atoms with E-state index < -0.39 is 42.3 Å². The van der Waals surface area contributed by atoms with E-state index in [2.05, 4.69) is 0 Å². The van der Waals surface area contributed by atoms with Crippen molar-refractivity contribution in [2.24, 2.45) is 11.7 Å². The first-order valence-corrected chi connectivity index (χ1v) is 9.29. The normalized spacial score (nSPS) is 12.4. The van der Waals surface area contributed by atoms with Gasteiger partial charge in [0.2, 0.25) is 0 Å². The fraction of sp³-hybridized carbons (Fsp3) is 0.273. The Morgan fingerprint density at radius 3 is 2.00 bits per heavy atom. The van der Waals surface area contributed by atoms with Crippen LogP contribution in [0, 0.1) is 5.92 Å². The number of carbonyl (C=O) groups excluding carboxylic acids is 3. The lowest BCUT2D eigenvalue weighted by Crippen LogP contribution is -2.48. The van der Waals surface area contributed by atoms with Crippen LogP contribution in [-0.2, 0) is 41.7 Å². The van der Waals surface area contributed by atoms with E-state index in [-0.39, 0.29) is 13.0 Å². The quantitative estimate of drug-likeness (QED) is 0.418. The summed E-state index contributed by atoms with van der Waals surface area (Å²) >= 11 is 0. The Morgan fingerprint density at radius 1 is 0.867 bits per heavy atom. The number of carbonyl (C=O) groups is 4. The van der Waals surface area contributed by atoms with Crippen molar-refractivity contribution in [1.82, 2.24) is 0 Å². The molecule has 0 aliphatic heterocycles. The minimum Gasteiger partial charge on any atom is -0.480 e. The molecule has 0 spiro atoms. The Balaban J connectivity index is 1.91. The van der Waals surface area contributed by atoms with Gasteiger partial charge in [-0.3, -0.25) is 19.2 Å². The topological polar surface area (TPSA) is 133 Å². The van der Waals surface area contributed by atoms with Gasteiger partial charge in [0.1, 0.15) is 18.6 Å². The van der Waals surface area contributed by atoms with Gasteiger partial charge in [0.05, 0.1) is 0 Å². The highest BCUT2D eigenvalue weighted by molar-refractivity contribution is 6.04. The number of aryl methyl sites for hydroxylation is 1. The molecule has 0 saturated carbocycles. The van der Waals surface area contributed by atoms with Crippen molar-refractivity contribution in [2.75, 3.05) is 6.61 Å². The zero-order valence-corrected chi connectivity index (χ0v) is 16.2. The van der Waals surface area contributed by atoms with Gasteiger partial charge in [0.15, 0.2) is 12.4 Å². The number of ether oxygens (including phenoxy) is 2. The summed E-state index contributed by atoms with van der Waals surface area (Å²) in [5, 5.41) is 9.13. The standard InChI is InChI=1S/C22H23NO7/c23-20(21(26)27)19(22(28)30-13-16-9-5-2-6-10-16)17(24)14-29-18(25)12-11-15-7-3-1-4-8-15/h1-10,19-20H,11-14,23H2,(H,26,27). The minimum atomic E-state index is -1.82. The number of Topliss-reactive ketones (excluding diaryl/α,β-unsaturated/α-hetero) is 1. The molecule has 30 heavy (non-hydrogen) atoms. The van der Waals surface area contributed by atoms with E-state index in [4.69, 9.17) is 20.3 Å². The van der Waals surface area contributed by atoms with Crippen LogP contribution >= 0.6 is 0 Å². The van der Waals surface area contributed by atoms with Crippen molar-refractivity contribution < 1.29 is 33.8 Å². The molecule has 0 fully saturated rings. The summed E-state index contributed by atoms with van der Waals surface area (Å²) < 4.78 is 9.96. The van der Waals surface area contributed by atoms with Crippen LogP contribution < -0.4 is 5.73 Å². The number of carboxylic acids is 1. The maximum atomic E-state index is 12.4. The summed E-state index contributed by atoms with van der Waals surface area (Å²) in [6.45, 7) is -0.910. The third kappa shape index (κ3) is 7.14. The van der Waals surface area contributed by atoms with Crippen molar-refractivity contribution in [3.63, 3.8) is 0 Å². The number of rotatable bonds is 11. The van der Waals surface area contributed by atoms with E-state index in [0.29, 0.717) is 12.0 Å². The highest BCUT2D eigenvalue weighted by Crippen LogP contribution is 2.11. The molecule has 0 amide bonds. The van der Waals surface area contributed by atoms with Crippen LogP contribution in [0.15, 0.2) is 60.7 Å². The van der Waals surface area contributed by atoms with Gasteiger partial charge in [0, 0.05) is 6.42 Å². The average molecular weight is 413 g/mol. The third-order valence-electron chi connectivity index (χ3n) is 4.31. The molecule has 2 aromatic carbocycles. The van der Waals surface area contributed by atoms with Gasteiger partial charge in [-0.15, -0.1) is 0 Å². The van der Waals surface area contributed by atoms with Gasteiger partial charge in [-0.25, -0.2) is 0 Å². The number of benzene rings is 2. The van der Waals surface area contributed by atoms with Crippen molar-refractivity contribution >= 4 is 23.7 Å². The molecule has 0 radical (unpaired) electrons. The second-order valence-electron chi connectivity index (χ2n) is 6.55.